The minimum Gasteiger partial charge on any atom is -0.394 e. The Kier molecular flexibility index (Phi) is 5.95. The van der Waals surface area contributed by atoms with Gasteiger partial charge < -0.3 is 14.9 Å². The van der Waals surface area contributed by atoms with Crippen LogP contribution >= 0.6 is 0 Å². The normalized spacial score (nSPS) is 14.1. The smallest absolute Gasteiger partial charge is 0.227 e. The lowest BCUT2D eigenvalue weighted by Gasteiger charge is -2.27. The van der Waals surface area contributed by atoms with Crippen molar-refractivity contribution < 1.29 is 14.4 Å². The van der Waals surface area contributed by atoms with E-state index in [1.54, 1.807) is 0 Å². The molecule has 0 radical (unpaired) electrons. The van der Waals surface area contributed by atoms with Crippen molar-refractivity contribution in [3.8, 4) is 0 Å². The highest BCUT2D eigenvalue weighted by Gasteiger charge is 2.23. The molecular formula is C13H23N3O3. The van der Waals surface area contributed by atoms with Gasteiger partial charge in [-0.1, -0.05) is 19.0 Å². The maximum atomic E-state index is 11.8. The van der Waals surface area contributed by atoms with Crippen molar-refractivity contribution in [1.29, 1.82) is 0 Å². The van der Waals surface area contributed by atoms with E-state index in [2.05, 4.69) is 15.5 Å². The van der Waals surface area contributed by atoms with Crippen molar-refractivity contribution >= 4 is 5.91 Å². The Balaban J connectivity index is 2.41. The molecule has 0 spiro atoms. The van der Waals surface area contributed by atoms with E-state index < -0.39 is 5.54 Å². The van der Waals surface area contributed by atoms with Gasteiger partial charge in [-0.3, -0.25) is 4.79 Å². The largest absolute Gasteiger partial charge is 0.394 e. The molecule has 1 unspecified atom stereocenters. The number of hydrogen-bond donors (Lipinski definition) is 2. The van der Waals surface area contributed by atoms with Crippen LogP contribution in [0.3, 0.4) is 0 Å². The van der Waals surface area contributed by atoms with E-state index >= 15 is 0 Å². The fourth-order valence-corrected chi connectivity index (χ4v) is 1.58. The van der Waals surface area contributed by atoms with Gasteiger partial charge in [0, 0.05) is 19.3 Å². The predicted molar refractivity (Wildman–Crippen MR) is 70.5 cm³/mol. The summed E-state index contributed by atoms with van der Waals surface area (Å²) in [6, 6.07) is 0. The summed E-state index contributed by atoms with van der Waals surface area (Å²) in [7, 11) is 0. The number of rotatable bonds is 8. The maximum Gasteiger partial charge on any atom is 0.227 e. The van der Waals surface area contributed by atoms with Crippen LogP contribution in [0.1, 0.15) is 51.7 Å². The first-order valence-electron chi connectivity index (χ1n) is 6.76. The molecule has 0 aliphatic rings. The van der Waals surface area contributed by atoms with Crippen LogP contribution in [0.2, 0.25) is 0 Å². The van der Waals surface area contributed by atoms with Gasteiger partial charge in [-0.25, -0.2) is 0 Å². The van der Waals surface area contributed by atoms with Gasteiger partial charge in [0.15, 0.2) is 5.82 Å². The number of aliphatic hydroxyl groups is 1. The minimum absolute atomic E-state index is 0.0730. The first-order valence-corrected chi connectivity index (χ1v) is 6.76. The highest BCUT2D eigenvalue weighted by atomic mass is 16.5. The third kappa shape index (κ3) is 4.98. The van der Waals surface area contributed by atoms with Crippen molar-refractivity contribution in [2.24, 2.45) is 0 Å². The number of amides is 1. The Morgan fingerprint density at radius 2 is 2.16 bits per heavy atom. The summed E-state index contributed by atoms with van der Waals surface area (Å²) in [5.74, 6) is 1.06. The summed E-state index contributed by atoms with van der Waals surface area (Å²) in [6.07, 6.45) is 3.13. The predicted octanol–water partition coefficient (Wildman–Crippen LogP) is 1.23. The molecule has 108 valence electrons. The summed E-state index contributed by atoms with van der Waals surface area (Å²) >= 11 is 0. The van der Waals surface area contributed by atoms with E-state index in [-0.39, 0.29) is 18.9 Å². The summed E-state index contributed by atoms with van der Waals surface area (Å²) in [5.41, 5.74) is -0.556. The minimum atomic E-state index is -0.556. The Morgan fingerprint density at radius 3 is 2.74 bits per heavy atom. The number of aryl methyl sites for hydroxylation is 2. The topological polar surface area (TPSA) is 88.2 Å². The first-order chi connectivity index (χ1) is 9.03. The third-order valence-electron chi connectivity index (χ3n) is 3.12. The lowest BCUT2D eigenvalue weighted by molar-refractivity contribution is -0.123. The zero-order valence-corrected chi connectivity index (χ0v) is 11.9. The Labute approximate surface area is 113 Å². The lowest BCUT2D eigenvalue weighted by atomic mass is 10.00. The second-order valence-corrected chi connectivity index (χ2v) is 4.97. The van der Waals surface area contributed by atoms with Crippen LogP contribution in [-0.2, 0) is 17.6 Å². The zero-order chi connectivity index (χ0) is 14.3. The van der Waals surface area contributed by atoms with Crippen molar-refractivity contribution in [2.75, 3.05) is 6.61 Å². The van der Waals surface area contributed by atoms with E-state index in [0.29, 0.717) is 24.6 Å². The highest BCUT2D eigenvalue weighted by molar-refractivity contribution is 5.76. The first kappa shape index (κ1) is 15.6. The van der Waals surface area contributed by atoms with Crippen molar-refractivity contribution in [2.45, 2.75) is 58.4 Å². The van der Waals surface area contributed by atoms with Gasteiger partial charge in [0.25, 0.3) is 0 Å². The summed E-state index contributed by atoms with van der Waals surface area (Å²) in [6.45, 7) is 5.71. The number of aromatic nitrogens is 2. The molecular weight excluding hydrogens is 246 g/mol. The molecule has 1 heterocycles. The van der Waals surface area contributed by atoms with Crippen LogP contribution in [0, 0.1) is 0 Å². The van der Waals surface area contributed by atoms with Crippen LogP contribution in [0.15, 0.2) is 4.52 Å². The lowest BCUT2D eigenvalue weighted by Crippen LogP contribution is -2.48. The SMILES string of the molecule is CCCc1noc(CCC(=O)NC(C)(CC)CO)n1. The van der Waals surface area contributed by atoms with E-state index in [4.69, 9.17) is 4.52 Å². The van der Waals surface area contributed by atoms with Crippen LogP contribution in [-0.4, -0.2) is 33.3 Å². The number of nitrogens with one attached hydrogen (secondary N) is 1. The quantitative estimate of drug-likeness (QED) is 0.741. The molecule has 1 aromatic rings. The monoisotopic (exact) mass is 269 g/mol. The summed E-state index contributed by atoms with van der Waals surface area (Å²) in [4.78, 5) is 16.0. The second kappa shape index (κ2) is 7.23. The van der Waals surface area contributed by atoms with Gasteiger partial charge in [-0.2, -0.15) is 4.98 Å². The third-order valence-corrected chi connectivity index (χ3v) is 3.12. The van der Waals surface area contributed by atoms with Crippen LogP contribution in [0.5, 0.6) is 0 Å². The average molecular weight is 269 g/mol. The molecule has 1 atom stereocenters. The standard InChI is InChI=1S/C13H23N3O3/c1-4-6-10-14-12(19-16-10)8-7-11(18)15-13(3,5-2)9-17/h17H,4-9H2,1-3H3,(H,15,18). The van der Waals surface area contributed by atoms with E-state index in [1.165, 1.54) is 0 Å². The van der Waals surface area contributed by atoms with Gasteiger partial charge in [0.1, 0.15) is 0 Å². The number of aliphatic hydroxyl groups excluding tert-OH is 1. The molecule has 1 aromatic heterocycles. The fraction of sp³-hybridized carbons (Fsp3) is 0.769. The van der Waals surface area contributed by atoms with E-state index in [0.717, 1.165) is 12.8 Å². The van der Waals surface area contributed by atoms with Crippen molar-refractivity contribution in [1.82, 2.24) is 15.5 Å². The maximum absolute atomic E-state index is 11.8. The van der Waals surface area contributed by atoms with Gasteiger partial charge in [0.2, 0.25) is 11.8 Å². The molecule has 1 rings (SSSR count). The number of carbonyl (C=O) groups is 1. The Bertz CT molecular complexity index is 400. The molecule has 0 saturated heterocycles. The van der Waals surface area contributed by atoms with Gasteiger partial charge >= 0.3 is 0 Å². The number of hydrogen-bond acceptors (Lipinski definition) is 5. The van der Waals surface area contributed by atoms with E-state index in [1.807, 2.05) is 20.8 Å². The van der Waals surface area contributed by atoms with Crippen LogP contribution in [0.4, 0.5) is 0 Å². The molecule has 19 heavy (non-hydrogen) atoms. The van der Waals surface area contributed by atoms with Crippen molar-refractivity contribution in [3.05, 3.63) is 11.7 Å². The Hall–Kier alpha value is -1.43. The van der Waals surface area contributed by atoms with Crippen LogP contribution in [0.25, 0.3) is 0 Å². The Morgan fingerprint density at radius 1 is 1.42 bits per heavy atom. The molecule has 0 aromatic carbocycles. The van der Waals surface area contributed by atoms with Gasteiger partial charge in [-0.15, -0.1) is 0 Å². The molecule has 0 bridgehead atoms. The number of nitrogens with zero attached hydrogens (tertiary/aromatic N) is 2. The molecule has 0 aliphatic heterocycles. The molecule has 6 nitrogen and oxygen atoms in total. The summed E-state index contributed by atoms with van der Waals surface area (Å²) in [5, 5.41) is 15.9. The van der Waals surface area contributed by atoms with Crippen LogP contribution < -0.4 is 5.32 Å². The number of carbonyl (C=O) groups excluding carboxylic acids is 1. The van der Waals surface area contributed by atoms with Crippen molar-refractivity contribution in [3.63, 3.8) is 0 Å². The molecule has 0 fully saturated rings. The summed E-state index contributed by atoms with van der Waals surface area (Å²) < 4.78 is 5.06. The highest BCUT2D eigenvalue weighted by Crippen LogP contribution is 2.09. The zero-order valence-electron chi connectivity index (χ0n) is 11.9. The van der Waals surface area contributed by atoms with E-state index in [9.17, 15) is 9.90 Å². The molecule has 6 heteroatoms. The van der Waals surface area contributed by atoms with Gasteiger partial charge in [-0.05, 0) is 19.8 Å². The average Bonchev–Trinajstić information content (AvgIpc) is 2.84. The molecule has 1 amide bonds. The van der Waals surface area contributed by atoms with Gasteiger partial charge in [0.05, 0.1) is 12.1 Å². The molecule has 2 N–H and O–H groups in total. The molecule has 0 saturated carbocycles. The fourth-order valence-electron chi connectivity index (χ4n) is 1.58. The second-order valence-electron chi connectivity index (χ2n) is 4.97. The molecule has 0 aliphatic carbocycles.